The summed E-state index contributed by atoms with van der Waals surface area (Å²) in [4.78, 5) is 13.5. The molecular weight excluding hydrogens is 380 g/mol. The molecule has 0 bridgehead atoms. The highest BCUT2D eigenvalue weighted by Gasteiger charge is 2.22. The van der Waals surface area contributed by atoms with Crippen LogP contribution < -0.4 is 9.46 Å². The molecule has 1 amide bonds. The zero-order chi connectivity index (χ0) is 20.1. The number of amides is 1. The minimum absolute atomic E-state index is 0.158. The van der Waals surface area contributed by atoms with Crippen molar-refractivity contribution in [2.45, 2.75) is 31.2 Å². The molecule has 150 valence electrons. The summed E-state index contributed by atoms with van der Waals surface area (Å²) < 4.78 is 38.2. The van der Waals surface area contributed by atoms with Crippen molar-refractivity contribution < 1.29 is 22.7 Å². The van der Waals surface area contributed by atoms with Gasteiger partial charge < -0.3 is 14.4 Å². The summed E-state index contributed by atoms with van der Waals surface area (Å²) in [5.41, 5.74) is 2.46. The summed E-state index contributed by atoms with van der Waals surface area (Å²) in [5.74, 6) is 0.637. The van der Waals surface area contributed by atoms with E-state index in [1.807, 2.05) is 13.0 Å². The molecule has 1 aliphatic heterocycles. The molecule has 0 aliphatic carbocycles. The van der Waals surface area contributed by atoms with E-state index in [4.69, 9.17) is 9.47 Å². The minimum atomic E-state index is -3.72. The molecule has 0 saturated heterocycles. The van der Waals surface area contributed by atoms with Gasteiger partial charge in [-0.3, -0.25) is 4.72 Å². The second-order valence-electron chi connectivity index (χ2n) is 6.55. The van der Waals surface area contributed by atoms with E-state index in [1.165, 1.54) is 19.2 Å². The van der Waals surface area contributed by atoms with Crippen molar-refractivity contribution in [2.75, 3.05) is 25.0 Å². The number of fused-ring (bicyclic) bond motifs is 1. The average molecular weight is 404 g/mol. The van der Waals surface area contributed by atoms with Crippen LogP contribution in [0.2, 0.25) is 0 Å². The van der Waals surface area contributed by atoms with Crippen LogP contribution in [0.5, 0.6) is 5.75 Å². The number of nitrogens with zero attached hydrogens (tertiary/aromatic N) is 1. The molecule has 7 nitrogen and oxygen atoms in total. The number of anilines is 1. The second-order valence-corrected chi connectivity index (χ2v) is 8.23. The molecule has 2 aromatic carbocycles. The molecule has 1 aliphatic rings. The Kier molecular flexibility index (Phi) is 6.08. The van der Waals surface area contributed by atoms with E-state index >= 15 is 0 Å². The van der Waals surface area contributed by atoms with E-state index in [0.29, 0.717) is 37.6 Å². The topological polar surface area (TPSA) is 84.9 Å². The third kappa shape index (κ3) is 4.56. The molecule has 1 N–H and O–H groups in total. The fourth-order valence-electron chi connectivity index (χ4n) is 3.05. The van der Waals surface area contributed by atoms with Crippen molar-refractivity contribution in [1.82, 2.24) is 4.90 Å². The quantitative estimate of drug-likeness (QED) is 0.798. The van der Waals surface area contributed by atoms with Gasteiger partial charge in [-0.1, -0.05) is 13.0 Å². The Balaban J connectivity index is 1.75. The smallest absolute Gasteiger partial charge is 0.409 e. The maximum absolute atomic E-state index is 12.7. The van der Waals surface area contributed by atoms with Gasteiger partial charge in [-0.2, -0.15) is 0 Å². The van der Waals surface area contributed by atoms with Crippen LogP contribution in [0.15, 0.2) is 47.4 Å². The summed E-state index contributed by atoms with van der Waals surface area (Å²) in [7, 11) is -2.37. The van der Waals surface area contributed by atoms with Crippen molar-refractivity contribution in [2.24, 2.45) is 0 Å². The van der Waals surface area contributed by atoms with Crippen molar-refractivity contribution in [3.8, 4) is 5.75 Å². The van der Waals surface area contributed by atoms with Crippen LogP contribution in [0.4, 0.5) is 10.5 Å². The van der Waals surface area contributed by atoms with Crippen LogP contribution in [0.25, 0.3) is 0 Å². The molecule has 8 heteroatoms. The fourth-order valence-corrected chi connectivity index (χ4v) is 4.10. The maximum atomic E-state index is 12.7. The van der Waals surface area contributed by atoms with Crippen LogP contribution in [-0.2, 0) is 27.7 Å². The summed E-state index contributed by atoms with van der Waals surface area (Å²) in [6.07, 6.45) is 1.20. The third-order valence-electron chi connectivity index (χ3n) is 4.51. The number of sulfonamides is 1. The number of carbonyl (C=O) groups is 1. The Bertz CT molecular complexity index is 942. The van der Waals surface area contributed by atoms with Crippen molar-refractivity contribution in [1.29, 1.82) is 0 Å². The number of methoxy groups -OCH3 is 1. The van der Waals surface area contributed by atoms with Gasteiger partial charge in [0.1, 0.15) is 5.75 Å². The van der Waals surface area contributed by atoms with E-state index in [-0.39, 0.29) is 11.0 Å². The lowest BCUT2D eigenvalue weighted by molar-refractivity contribution is 0.118. The van der Waals surface area contributed by atoms with Crippen LogP contribution in [0.1, 0.15) is 24.5 Å². The van der Waals surface area contributed by atoms with Crippen molar-refractivity contribution >= 4 is 21.8 Å². The predicted molar refractivity (Wildman–Crippen MR) is 106 cm³/mol. The Morgan fingerprint density at radius 1 is 1.14 bits per heavy atom. The van der Waals surface area contributed by atoms with Gasteiger partial charge in [0.25, 0.3) is 10.0 Å². The SMILES string of the molecule is CCCOc1ccc(S(=O)(=O)Nc2ccc3c(c2)CN(C(=O)OC)CC3)cc1. The second kappa shape index (κ2) is 8.52. The van der Waals surface area contributed by atoms with E-state index in [1.54, 1.807) is 29.2 Å². The summed E-state index contributed by atoms with van der Waals surface area (Å²) in [5, 5.41) is 0. The van der Waals surface area contributed by atoms with Gasteiger partial charge >= 0.3 is 6.09 Å². The first-order valence-electron chi connectivity index (χ1n) is 9.13. The Morgan fingerprint density at radius 3 is 2.57 bits per heavy atom. The van der Waals surface area contributed by atoms with Gasteiger partial charge in [0.05, 0.1) is 18.6 Å². The minimum Gasteiger partial charge on any atom is -0.494 e. The fraction of sp³-hybridized carbons (Fsp3) is 0.350. The average Bonchev–Trinajstić information content (AvgIpc) is 2.71. The van der Waals surface area contributed by atoms with Gasteiger partial charge in [0, 0.05) is 18.8 Å². The number of nitrogens with one attached hydrogen (secondary N) is 1. The van der Waals surface area contributed by atoms with Crippen LogP contribution in [0.3, 0.4) is 0 Å². The number of carbonyl (C=O) groups excluding carboxylic acids is 1. The van der Waals surface area contributed by atoms with Crippen LogP contribution >= 0.6 is 0 Å². The molecule has 2 aromatic rings. The Hall–Kier alpha value is -2.74. The summed E-state index contributed by atoms with van der Waals surface area (Å²) >= 11 is 0. The van der Waals surface area contributed by atoms with E-state index in [0.717, 1.165) is 17.5 Å². The van der Waals surface area contributed by atoms with Gasteiger partial charge in [0.2, 0.25) is 0 Å². The van der Waals surface area contributed by atoms with Gasteiger partial charge in [0.15, 0.2) is 0 Å². The Labute approximate surface area is 165 Å². The normalized spacial score (nSPS) is 13.6. The summed E-state index contributed by atoms with van der Waals surface area (Å²) in [6.45, 7) is 3.56. The molecule has 0 unspecified atom stereocenters. The molecule has 0 spiro atoms. The van der Waals surface area contributed by atoms with Crippen molar-refractivity contribution in [3.63, 3.8) is 0 Å². The highest BCUT2D eigenvalue weighted by atomic mass is 32.2. The molecule has 0 saturated carbocycles. The molecule has 0 aromatic heterocycles. The number of ether oxygens (including phenoxy) is 2. The molecule has 3 rings (SSSR count). The highest BCUT2D eigenvalue weighted by Crippen LogP contribution is 2.25. The van der Waals surface area contributed by atoms with Gasteiger partial charge in [-0.25, -0.2) is 13.2 Å². The lowest BCUT2D eigenvalue weighted by atomic mass is 9.99. The Morgan fingerprint density at radius 2 is 1.89 bits per heavy atom. The predicted octanol–water partition coefficient (Wildman–Crippen LogP) is 3.40. The number of hydrogen-bond donors (Lipinski definition) is 1. The monoisotopic (exact) mass is 404 g/mol. The molecule has 0 atom stereocenters. The maximum Gasteiger partial charge on any atom is 0.409 e. The number of benzene rings is 2. The molecular formula is C20H24N2O5S. The zero-order valence-electron chi connectivity index (χ0n) is 16.0. The largest absolute Gasteiger partial charge is 0.494 e. The molecule has 28 heavy (non-hydrogen) atoms. The van der Waals surface area contributed by atoms with E-state index in [9.17, 15) is 13.2 Å². The zero-order valence-corrected chi connectivity index (χ0v) is 16.8. The van der Waals surface area contributed by atoms with E-state index in [2.05, 4.69) is 4.72 Å². The van der Waals surface area contributed by atoms with E-state index < -0.39 is 10.0 Å². The van der Waals surface area contributed by atoms with Gasteiger partial charge in [-0.05, 0) is 60.4 Å². The summed E-state index contributed by atoms with van der Waals surface area (Å²) in [6, 6.07) is 11.7. The first-order valence-corrected chi connectivity index (χ1v) is 10.6. The molecule has 0 radical (unpaired) electrons. The van der Waals surface area contributed by atoms with Crippen LogP contribution in [0, 0.1) is 0 Å². The number of hydrogen-bond acceptors (Lipinski definition) is 5. The third-order valence-corrected chi connectivity index (χ3v) is 5.91. The lowest BCUT2D eigenvalue weighted by Crippen LogP contribution is -2.35. The van der Waals surface area contributed by atoms with Crippen molar-refractivity contribution in [3.05, 3.63) is 53.6 Å². The lowest BCUT2D eigenvalue weighted by Gasteiger charge is -2.28. The first-order chi connectivity index (χ1) is 13.4. The number of rotatable bonds is 6. The van der Waals surface area contributed by atoms with Crippen LogP contribution in [-0.4, -0.2) is 39.7 Å². The highest BCUT2D eigenvalue weighted by molar-refractivity contribution is 7.92. The van der Waals surface area contributed by atoms with Gasteiger partial charge in [-0.15, -0.1) is 0 Å². The first kappa shape index (κ1) is 20.0. The molecule has 0 fully saturated rings. The standard InChI is InChI=1S/C20H24N2O5S/c1-3-12-27-18-6-8-19(9-7-18)28(24,25)21-17-5-4-15-10-11-22(20(23)26-2)14-16(15)13-17/h4-9,13,21H,3,10-12,14H2,1-2H3. The molecule has 1 heterocycles.